The van der Waals surface area contributed by atoms with Gasteiger partial charge in [-0.15, -0.1) is 0 Å². The molecule has 1 aliphatic heterocycles. The maximum atomic E-state index is 13.2. The van der Waals surface area contributed by atoms with Crippen LogP contribution in [0.4, 0.5) is 5.82 Å². The smallest absolute Gasteiger partial charge is 0.256 e. The average molecular weight is 490 g/mol. The van der Waals surface area contributed by atoms with Gasteiger partial charge < -0.3 is 19.5 Å². The molecule has 1 aliphatic carbocycles. The zero-order valence-electron chi connectivity index (χ0n) is 19.4. The first kappa shape index (κ1) is 24.4. The number of carbonyl (C=O) groups is 1. The van der Waals surface area contributed by atoms with Crippen molar-refractivity contribution in [2.24, 2.45) is 5.92 Å². The molecule has 1 N–H and O–H groups in total. The van der Waals surface area contributed by atoms with Crippen LogP contribution in [0.15, 0.2) is 41.4 Å². The lowest BCUT2D eigenvalue weighted by Crippen LogP contribution is -2.40. The molecule has 4 rings (SSSR count). The minimum atomic E-state index is -3.85. The van der Waals surface area contributed by atoms with Gasteiger partial charge in [-0.25, -0.2) is 13.4 Å². The third-order valence-corrected chi connectivity index (χ3v) is 8.14. The number of morpholine rings is 1. The van der Waals surface area contributed by atoms with Gasteiger partial charge in [0.05, 0.1) is 26.9 Å². The lowest BCUT2D eigenvalue weighted by molar-refractivity contribution is 0.0729. The first-order valence-corrected chi connectivity index (χ1v) is 13.1. The second-order valence-electron chi connectivity index (χ2n) is 8.50. The van der Waals surface area contributed by atoms with E-state index in [-0.39, 0.29) is 29.3 Å². The van der Waals surface area contributed by atoms with E-state index in [1.54, 1.807) is 18.3 Å². The fourth-order valence-corrected chi connectivity index (χ4v) is 5.88. The number of hydrogen-bond donors (Lipinski definition) is 1. The number of benzene rings is 1. The molecule has 0 radical (unpaired) electrons. The van der Waals surface area contributed by atoms with Gasteiger partial charge in [0, 0.05) is 24.8 Å². The van der Waals surface area contributed by atoms with E-state index in [2.05, 4.69) is 10.3 Å². The third kappa shape index (κ3) is 5.68. The maximum absolute atomic E-state index is 13.2. The molecule has 9 nitrogen and oxygen atoms in total. The number of rotatable bonds is 8. The Morgan fingerprint density at radius 2 is 1.91 bits per heavy atom. The monoisotopic (exact) mass is 489 g/mol. The molecule has 0 atom stereocenters. The van der Waals surface area contributed by atoms with E-state index < -0.39 is 15.9 Å². The van der Waals surface area contributed by atoms with Gasteiger partial charge in [-0.05, 0) is 49.1 Å². The SMILES string of the molecule is COc1ccc(C(=O)Nc2ncccc2OCC2CCCCC2)cc1S(=O)(=O)N1CCOCC1. The first-order chi connectivity index (χ1) is 16.5. The number of anilines is 1. The maximum Gasteiger partial charge on any atom is 0.256 e. The van der Waals surface area contributed by atoms with Crippen LogP contribution in [-0.4, -0.2) is 63.6 Å². The zero-order chi connectivity index (χ0) is 24.0. The van der Waals surface area contributed by atoms with Gasteiger partial charge in [0.25, 0.3) is 5.91 Å². The van der Waals surface area contributed by atoms with E-state index in [1.165, 1.54) is 48.9 Å². The number of ether oxygens (including phenoxy) is 3. The number of methoxy groups -OCH3 is 1. The Hall–Kier alpha value is -2.69. The Morgan fingerprint density at radius 3 is 2.65 bits per heavy atom. The minimum absolute atomic E-state index is 0.0562. The quantitative estimate of drug-likeness (QED) is 0.606. The number of aromatic nitrogens is 1. The van der Waals surface area contributed by atoms with Crippen LogP contribution < -0.4 is 14.8 Å². The molecule has 1 aromatic carbocycles. The van der Waals surface area contributed by atoms with Gasteiger partial charge in [-0.1, -0.05) is 19.3 Å². The predicted molar refractivity (Wildman–Crippen MR) is 127 cm³/mol. The van der Waals surface area contributed by atoms with E-state index in [0.29, 0.717) is 37.3 Å². The standard InChI is InChI=1S/C24H31N3O6S/c1-31-20-10-9-19(16-22(20)34(29,30)27-12-14-32-15-13-27)24(28)26-23-21(8-5-11-25-23)33-17-18-6-3-2-4-7-18/h5,8-11,16,18H,2-4,6-7,12-15,17H2,1H3,(H,25,26,28). The zero-order valence-corrected chi connectivity index (χ0v) is 20.2. The molecule has 34 heavy (non-hydrogen) atoms. The van der Waals surface area contributed by atoms with Gasteiger partial charge in [-0.2, -0.15) is 4.31 Å². The highest BCUT2D eigenvalue weighted by atomic mass is 32.2. The predicted octanol–water partition coefficient (Wildman–Crippen LogP) is 3.32. The topological polar surface area (TPSA) is 107 Å². The van der Waals surface area contributed by atoms with Crippen LogP contribution in [0.25, 0.3) is 0 Å². The van der Waals surface area contributed by atoms with Crippen molar-refractivity contribution in [2.45, 2.75) is 37.0 Å². The van der Waals surface area contributed by atoms with E-state index >= 15 is 0 Å². The molecule has 2 aliphatic rings. The lowest BCUT2D eigenvalue weighted by atomic mass is 9.90. The highest BCUT2D eigenvalue weighted by Gasteiger charge is 2.30. The second-order valence-corrected chi connectivity index (χ2v) is 10.4. The Labute approximate surface area is 200 Å². The molecule has 2 aromatic rings. The number of nitrogens with one attached hydrogen (secondary N) is 1. The van der Waals surface area contributed by atoms with Crippen LogP contribution in [0, 0.1) is 5.92 Å². The molecule has 2 fully saturated rings. The first-order valence-electron chi connectivity index (χ1n) is 11.6. The Balaban J connectivity index is 1.52. The fraction of sp³-hybridized carbons (Fsp3) is 0.500. The molecule has 1 amide bonds. The van der Waals surface area contributed by atoms with Crippen molar-refractivity contribution in [3.8, 4) is 11.5 Å². The molecule has 0 unspecified atom stereocenters. The fourth-order valence-electron chi connectivity index (χ4n) is 4.29. The summed E-state index contributed by atoms with van der Waals surface area (Å²) < 4.78 is 44.3. The molecule has 0 bridgehead atoms. The van der Waals surface area contributed by atoms with E-state index in [9.17, 15) is 13.2 Å². The number of sulfonamides is 1. The number of hydrogen-bond acceptors (Lipinski definition) is 7. The van der Waals surface area contributed by atoms with Crippen LogP contribution >= 0.6 is 0 Å². The summed E-state index contributed by atoms with van der Waals surface area (Å²) in [4.78, 5) is 17.3. The van der Waals surface area contributed by atoms with Gasteiger partial charge >= 0.3 is 0 Å². The molecule has 1 aromatic heterocycles. The number of nitrogens with zero attached hydrogens (tertiary/aromatic N) is 2. The van der Waals surface area contributed by atoms with Crippen molar-refractivity contribution in [2.75, 3.05) is 45.3 Å². The van der Waals surface area contributed by atoms with Crippen LogP contribution in [0.1, 0.15) is 42.5 Å². The molecule has 0 spiro atoms. The van der Waals surface area contributed by atoms with E-state index in [0.717, 1.165) is 12.8 Å². The minimum Gasteiger partial charge on any atom is -0.495 e. The van der Waals surface area contributed by atoms with Crippen LogP contribution in [0.3, 0.4) is 0 Å². The molecule has 2 heterocycles. The number of amides is 1. The Morgan fingerprint density at radius 1 is 1.15 bits per heavy atom. The van der Waals surface area contributed by atoms with Crippen molar-refractivity contribution in [3.05, 3.63) is 42.1 Å². The van der Waals surface area contributed by atoms with Crippen molar-refractivity contribution in [1.82, 2.24) is 9.29 Å². The molecule has 1 saturated heterocycles. The van der Waals surface area contributed by atoms with Gasteiger partial charge in [0.1, 0.15) is 10.6 Å². The summed E-state index contributed by atoms with van der Waals surface area (Å²) in [5, 5.41) is 2.77. The van der Waals surface area contributed by atoms with Crippen LogP contribution in [0.2, 0.25) is 0 Å². The number of pyridine rings is 1. The average Bonchev–Trinajstić information content (AvgIpc) is 2.89. The van der Waals surface area contributed by atoms with Crippen molar-refractivity contribution in [3.63, 3.8) is 0 Å². The van der Waals surface area contributed by atoms with Crippen LogP contribution in [-0.2, 0) is 14.8 Å². The Kier molecular flexibility index (Phi) is 8.02. The highest BCUT2D eigenvalue weighted by molar-refractivity contribution is 7.89. The summed E-state index contributed by atoms with van der Waals surface area (Å²) in [6.07, 6.45) is 7.58. The molecule has 1 saturated carbocycles. The summed E-state index contributed by atoms with van der Waals surface area (Å²) >= 11 is 0. The van der Waals surface area contributed by atoms with Gasteiger partial charge in [0.15, 0.2) is 11.6 Å². The lowest BCUT2D eigenvalue weighted by Gasteiger charge is -2.26. The largest absolute Gasteiger partial charge is 0.495 e. The summed E-state index contributed by atoms with van der Waals surface area (Å²) in [5.41, 5.74) is 0.177. The van der Waals surface area contributed by atoms with Crippen molar-refractivity contribution >= 4 is 21.7 Å². The molecule has 10 heteroatoms. The summed E-state index contributed by atoms with van der Waals surface area (Å²) in [7, 11) is -2.45. The van der Waals surface area contributed by atoms with E-state index in [4.69, 9.17) is 14.2 Å². The second kappa shape index (κ2) is 11.2. The molecular formula is C24H31N3O6S. The molecule has 184 valence electrons. The van der Waals surface area contributed by atoms with Gasteiger partial charge in [0.2, 0.25) is 10.0 Å². The normalized spacial score (nSPS) is 17.8. The molecular weight excluding hydrogens is 458 g/mol. The van der Waals surface area contributed by atoms with Gasteiger partial charge in [-0.3, -0.25) is 4.79 Å². The van der Waals surface area contributed by atoms with Crippen LogP contribution in [0.5, 0.6) is 11.5 Å². The number of carbonyl (C=O) groups excluding carboxylic acids is 1. The summed E-state index contributed by atoms with van der Waals surface area (Å²) in [6, 6.07) is 7.88. The summed E-state index contributed by atoms with van der Waals surface area (Å²) in [5.74, 6) is 1.000. The summed E-state index contributed by atoms with van der Waals surface area (Å²) in [6.45, 7) is 1.73. The van der Waals surface area contributed by atoms with E-state index in [1.807, 2.05) is 0 Å². The highest BCUT2D eigenvalue weighted by Crippen LogP contribution is 2.30. The van der Waals surface area contributed by atoms with Crippen molar-refractivity contribution < 1.29 is 27.4 Å². The Bertz CT molecular complexity index is 1100. The van der Waals surface area contributed by atoms with Crippen molar-refractivity contribution in [1.29, 1.82) is 0 Å². The third-order valence-electron chi connectivity index (χ3n) is 6.22.